The Morgan fingerprint density at radius 3 is 3.00 bits per heavy atom. The fourth-order valence-electron chi connectivity index (χ4n) is 2.09. The van der Waals surface area contributed by atoms with Gasteiger partial charge in [0, 0.05) is 0 Å². The molecule has 2 heterocycles. The largest absolute Gasteiger partial charge is 0.481 e. The molecule has 5 nitrogen and oxygen atoms in total. The summed E-state index contributed by atoms with van der Waals surface area (Å²) in [6.07, 6.45) is 2.92. The van der Waals surface area contributed by atoms with E-state index < -0.39 is 5.97 Å². The SMILES string of the molecule is O=C(O)CC1COC(C2CCCCN2)O1. The number of rotatable bonds is 3. The number of ether oxygens (including phenoxy) is 2. The maximum atomic E-state index is 10.5. The number of aliphatic carboxylic acids is 1. The van der Waals surface area contributed by atoms with Crippen molar-refractivity contribution in [2.24, 2.45) is 0 Å². The average Bonchev–Trinajstić information content (AvgIpc) is 2.67. The summed E-state index contributed by atoms with van der Waals surface area (Å²) in [5.41, 5.74) is 0. The maximum Gasteiger partial charge on any atom is 0.306 e. The van der Waals surface area contributed by atoms with Gasteiger partial charge in [-0.3, -0.25) is 4.79 Å². The van der Waals surface area contributed by atoms with Crippen LogP contribution in [0.1, 0.15) is 25.7 Å². The Morgan fingerprint density at radius 1 is 1.47 bits per heavy atom. The highest BCUT2D eigenvalue weighted by Crippen LogP contribution is 2.21. The van der Waals surface area contributed by atoms with Crippen molar-refractivity contribution in [2.45, 2.75) is 44.1 Å². The lowest BCUT2D eigenvalue weighted by molar-refractivity contribution is -0.141. The molecule has 5 heteroatoms. The number of carboxylic acid groups (broad SMARTS) is 1. The molecule has 2 aliphatic heterocycles. The molecular weight excluding hydrogens is 198 g/mol. The number of hydrogen-bond acceptors (Lipinski definition) is 4. The lowest BCUT2D eigenvalue weighted by Gasteiger charge is -2.27. The summed E-state index contributed by atoms with van der Waals surface area (Å²) in [7, 11) is 0. The summed E-state index contributed by atoms with van der Waals surface area (Å²) in [6.45, 7) is 1.40. The lowest BCUT2D eigenvalue weighted by Crippen LogP contribution is -2.43. The summed E-state index contributed by atoms with van der Waals surface area (Å²) in [4.78, 5) is 10.5. The number of carboxylic acids is 1. The summed E-state index contributed by atoms with van der Waals surface area (Å²) >= 11 is 0. The molecule has 86 valence electrons. The number of nitrogens with one attached hydrogen (secondary N) is 1. The van der Waals surface area contributed by atoms with Crippen molar-refractivity contribution in [3.8, 4) is 0 Å². The molecule has 0 spiro atoms. The zero-order valence-electron chi connectivity index (χ0n) is 8.65. The van der Waals surface area contributed by atoms with E-state index in [-0.39, 0.29) is 24.9 Å². The van der Waals surface area contributed by atoms with Gasteiger partial charge in [-0.15, -0.1) is 0 Å². The van der Waals surface area contributed by atoms with Crippen molar-refractivity contribution in [3.05, 3.63) is 0 Å². The van der Waals surface area contributed by atoms with Crippen LogP contribution in [0.2, 0.25) is 0 Å². The fraction of sp³-hybridized carbons (Fsp3) is 0.900. The van der Waals surface area contributed by atoms with Crippen LogP contribution in [0.15, 0.2) is 0 Å². The van der Waals surface area contributed by atoms with Crippen molar-refractivity contribution in [2.75, 3.05) is 13.2 Å². The van der Waals surface area contributed by atoms with Crippen LogP contribution in [0.4, 0.5) is 0 Å². The number of carbonyl (C=O) groups is 1. The second-order valence-corrected chi connectivity index (χ2v) is 4.11. The van der Waals surface area contributed by atoms with Crippen molar-refractivity contribution < 1.29 is 19.4 Å². The maximum absolute atomic E-state index is 10.5. The van der Waals surface area contributed by atoms with Crippen LogP contribution in [0.25, 0.3) is 0 Å². The molecule has 2 fully saturated rings. The highest BCUT2D eigenvalue weighted by Gasteiger charge is 2.33. The Morgan fingerprint density at radius 2 is 2.33 bits per heavy atom. The van der Waals surface area contributed by atoms with Crippen LogP contribution in [0, 0.1) is 0 Å². The Bertz CT molecular complexity index is 227. The normalized spacial score (nSPS) is 36.7. The molecule has 2 N–H and O–H groups in total. The summed E-state index contributed by atoms with van der Waals surface area (Å²) in [6, 6.07) is 0.234. The standard InChI is InChI=1S/C10H17NO4/c12-9(13)5-7-6-14-10(15-7)8-3-1-2-4-11-8/h7-8,10-11H,1-6H2,(H,12,13). The van der Waals surface area contributed by atoms with E-state index in [1.54, 1.807) is 0 Å². The van der Waals surface area contributed by atoms with Crippen LogP contribution in [0.5, 0.6) is 0 Å². The molecule has 0 aromatic rings. The third-order valence-corrected chi connectivity index (χ3v) is 2.85. The smallest absolute Gasteiger partial charge is 0.306 e. The van der Waals surface area contributed by atoms with E-state index in [9.17, 15) is 4.79 Å². The second kappa shape index (κ2) is 4.92. The van der Waals surface area contributed by atoms with Gasteiger partial charge >= 0.3 is 5.97 Å². The Hall–Kier alpha value is -0.650. The topological polar surface area (TPSA) is 67.8 Å². The molecule has 2 aliphatic rings. The molecule has 15 heavy (non-hydrogen) atoms. The van der Waals surface area contributed by atoms with Crippen LogP contribution >= 0.6 is 0 Å². The van der Waals surface area contributed by atoms with Gasteiger partial charge in [0.2, 0.25) is 0 Å². The third-order valence-electron chi connectivity index (χ3n) is 2.85. The lowest BCUT2D eigenvalue weighted by atomic mass is 10.0. The van der Waals surface area contributed by atoms with Gasteiger partial charge in [-0.2, -0.15) is 0 Å². The van der Waals surface area contributed by atoms with Crippen LogP contribution in [-0.2, 0) is 14.3 Å². The Labute approximate surface area is 88.7 Å². The van der Waals surface area contributed by atoms with E-state index in [2.05, 4.69) is 5.32 Å². The van der Waals surface area contributed by atoms with Crippen molar-refractivity contribution in [3.63, 3.8) is 0 Å². The first-order chi connectivity index (χ1) is 7.25. The predicted molar refractivity (Wildman–Crippen MR) is 52.5 cm³/mol. The van der Waals surface area contributed by atoms with Gasteiger partial charge in [0.1, 0.15) is 0 Å². The van der Waals surface area contributed by atoms with E-state index in [4.69, 9.17) is 14.6 Å². The quantitative estimate of drug-likeness (QED) is 0.710. The number of hydrogen-bond donors (Lipinski definition) is 2. The summed E-state index contributed by atoms with van der Waals surface area (Å²) in [5.74, 6) is -0.833. The zero-order valence-corrected chi connectivity index (χ0v) is 8.65. The fourth-order valence-corrected chi connectivity index (χ4v) is 2.09. The first-order valence-corrected chi connectivity index (χ1v) is 5.48. The van der Waals surface area contributed by atoms with Crippen LogP contribution in [-0.4, -0.2) is 42.7 Å². The van der Waals surface area contributed by atoms with E-state index >= 15 is 0 Å². The highest BCUT2D eigenvalue weighted by atomic mass is 16.7. The molecule has 0 saturated carbocycles. The molecule has 0 radical (unpaired) electrons. The molecule has 3 atom stereocenters. The van der Waals surface area contributed by atoms with Crippen molar-refractivity contribution in [1.29, 1.82) is 0 Å². The monoisotopic (exact) mass is 215 g/mol. The molecule has 2 rings (SSSR count). The van der Waals surface area contributed by atoms with Crippen molar-refractivity contribution in [1.82, 2.24) is 5.32 Å². The minimum atomic E-state index is -0.833. The molecule has 0 amide bonds. The molecule has 0 aromatic carbocycles. The van der Waals surface area contributed by atoms with Gasteiger partial charge in [-0.05, 0) is 19.4 Å². The van der Waals surface area contributed by atoms with Gasteiger partial charge in [-0.25, -0.2) is 0 Å². The van der Waals surface area contributed by atoms with E-state index in [0.717, 1.165) is 13.0 Å². The van der Waals surface area contributed by atoms with Crippen molar-refractivity contribution >= 4 is 5.97 Å². The average molecular weight is 215 g/mol. The van der Waals surface area contributed by atoms with Gasteiger partial charge < -0.3 is 19.9 Å². The molecule has 3 unspecified atom stereocenters. The van der Waals surface area contributed by atoms with Crippen LogP contribution in [0.3, 0.4) is 0 Å². The summed E-state index contributed by atoms with van der Waals surface area (Å²) in [5, 5.41) is 12.0. The predicted octanol–water partition coefficient (Wildman–Crippen LogP) is 0.345. The molecule has 0 bridgehead atoms. The van der Waals surface area contributed by atoms with Gasteiger partial charge in [0.15, 0.2) is 6.29 Å². The molecular formula is C10H17NO4. The van der Waals surface area contributed by atoms with E-state index in [1.807, 2.05) is 0 Å². The Kier molecular flexibility index (Phi) is 3.56. The third kappa shape index (κ3) is 2.90. The van der Waals surface area contributed by atoms with Gasteiger partial charge in [-0.1, -0.05) is 6.42 Å². The van der Waals surface area contributed by atoms with Gasteiger partial charge in [0.25, 0.3) is 0 Å². The minimum Gasteiger partial charge on any atom is -0.481 e. The van der Waals surface area contributed by atoms with Gasteiger partial charge in [0.05, 0.1) is 25.2 Å². The second-order valence-electron chi connectivity index (χ2n) is 4.11. The zero-order chi connectivity index (χ0) is 10.7. The first-order valence-electron chi connectivity index (χ1n) is 5.48. The van der Waals surface area contributed by atoms with E-state index in [0.29, 0.717) is 6.61 Å². The van der Waals surface area contributed by atoms with E-state index in [1.165, 1.54) is 12.8 Å². The minimum absolute atomic E-state index is 0.0310. The highest BCUT2D eigenvalue weighted by molar-refractivity contribution is 5.67. The first kappa shape index (κ1) is 10.9. The molecule has 0 aliphatic carbocycles. The summed E-state index contributed by atoms with van der Waals surface area (Å²) < 4.78 is 11.0. The number of piperidine rings is 1. The van der Waals surface area contributed by atoms with Crippen LogP contribution < -0.4 is 5.32 Å². The Balaban J connectivity index is 1.78. The molecule has 0 aromatic heterocycles. The molecule has 2 saturated heterocycles.